The molecule has 0 radical (unpaired) electrons. The predicted molar refractivity (Wildman–Crippen MR) is 99.3 cm³/mol. The maximum Gasteiger partial charge on any atom is 0.222 e. The number of anilines is 3. The summed E-state index contributed by atoms with van der Waals surface area (Å²) >= 11 is 0. The first kappa shape index (κ1) is 18.3. The Morgan fingerprint density at radius 3 is 2.77 bits per heavy atom. The third kappa shape index (κ3) is 4.39. The minimum atomic E-state index is -3.30. The highest BCUT2D eigenvalue weighted by Gasteiger charge is 2.22. The van der Waals surface area contributed by atoms with Gasteiger partial charge in [-0.15, -0.1) is 0 Å². The molecule has 0 saturated carbocycles. The molecule has 8 heteroatoms. The van der Waals surface area contributed by atoms with Gasteiger partial charge < -0.3 is 15.4 Å². The van der Waals surface area contributed by atoms with E-state index in [1.54, 1.807) is 36.5 Å². The monoisotopic (exact) mass is 375 g/mol. The molecular formula is C18H21N3O4S. The topological polar surface area (TPSA) is 97.4 Å². The number of ether oxygens (including phenoxy) is 1. The second-order valence-electron chi connectivity index (χ2n) is 6.26. The number of hydrogen-bond acceptors (Lipinski definition) is 6. The molecule has 1 atom stereocenters. The summed E-state index contributed by atoms with van der Waals surface area (Å²) in [6, 6.07) is 8.32. The lowest BCUT2D eigenvalue weighted by molar-refractivity contribution is -0.114. The minimum absolute atomic E-state index is 0.0746. The molecule has 1 aromatic heterocycles. The summed E-state index contributed by atoms with van der Waals surface area (Å²) in [5.41, 5.74) is 2.23. The minimum Gasteiger partial charge on any atom is -0.373 e. The molecule has 2 heterocycles. The van der Waals surface area contributed by atoms with Gasteiger partial charge in [-0.1, -0.05) is 6.07 Å². The Kier molecular flexibility index (Phi) is 5.24. The Bertz CT molecular complexity index is 922. The number of rotatable bonds is 5. The van der Waals surface area contributed by atoms with E-state index in [2.05, 4.69) is 15.6 Å². The molecule has 2 N–H and O–H groups in total. The first-order valence-corrected chi connectivity index (χ1v) is 10.2. The molecule has 2 aromatic rings. The van der Waals surface area contributed by atoms with Crippen molar-refractivity contribution >= 4 is 32.9 Å². The van der Waals surface area contributed by atoms with Crippen LogP contribution in [0.3, 0.4) is 0 Å². The van der Waals surface area contributed by atoms with E-state index >= 15 is 0 Å². The highest BCUT2D eigenvalue weighted by molar-refractivity contribution is 7.90. The average molecular weight is 375 g/mol. The number of amides is 1. The van der Waals surface area contributed by atoms with E-state index in [9.17, 15) is 13.2 Å². The van der Waals surface area contributed by atoms with Crippen molar-refractivity contribution in [1.82, 2.24) is 4.98 Å². The van der Waals surface area contributed by atoms with Gasteiger partial charge >= 0.3 is 0 Å². The molecule has 3 rings (SSSR count). The molecule has 1 aliphatic heterocycles. The van der Waals surface area contributed by atoms with Gasteiger partial charge in [0.2, 0.25) is 5.91 Å². The fourth-order valence-electron chi connectivity index (χ4n) is 2.86. The van der Waals surface area contributed by atoms with Gasteiger partial charge in [0.1, 0.15) is 5.82 Å². The first-order chi connectivity index (χ1) is 12.3. The zero-order valence-electron chi connectivity index (χ0n) is 14.7. The van der Waals surface area contributed by atoms with Crippen LogP contribution in [0.5, 0.6) is 0 Å². The molecule has 1 amide bonds. The first-order valence-electron chi connectivity index (χ1n) is 8.29. The number of sulfone groups is 1. The summed E-state index contributed by atoms with van der Waals surface area (Å²) in [5.74, 6) is 0.202. The van der Waals surface area contributed by atoms with Gasteiger partial charge in [-0.3, -0.25) is 4.79 Å². The SMILES string of the molecule is CC(=O)Nc1cc(Nc2cccc(S(C)(=O)=O)c2)c(C2CCCO2)cn1. The van der Waals surface area contributed by atoms with Crippen LogP contribution < -0.4 is 10.6 Å². The van der Waals surface area contributed by atoms with Crippen LogP contribution in [0, 0.1) is 0 Å². The quantitative estimate of drug-likeness (QED) is 0.834. The highest BCUT2D eigenvalue weighted by Crippen LogP contribution is 2.35. The standard InChI is InChI=1S/C18H21N3O4S/c1-12(22)20-18-10-16(15(11-19-18)17-7-4-8-25-17)21-13-5-3-6-14(9-13)26(2,23)24/h3,5-6,9-11,17H,4,7-8H2,1-2H3,(H2,19,20,21,22). The number of pyridine rings is 1. The van der Waals surface area contributed by atoms with Crippen LogP contribution in [0.25, 0.3) is 0 Å². The van der Waals surface area contributed by atoms with Crippen LogP contribution >= 0.6 is 0 Å². The number of benzene rings is 1. The van der Waals surface area contributed by atoms with E-state index in [-0.39, 0.29) is 16.9 Å². The molecule has 1 fully saturated rings. The lowest BCUT2D eigenvalue weighted by Gasteiger charge is -2.18. The zero-order valence-corrected chi connectivity index (χ0v) is 15.5. The fourth-order valence-corrected chi connectivity index (χ4v) is 3.53. The van der Waals surface area contributed by atoms with Crippen molar-refractivity contribution < 1.29 is 17.9 Å². The zero-order chi connectivity index (χ0) is 18.7. The number of carbonyl (C=O) groups is 1. The van der Waals surface area contributed by atoms with E-state index in [1.165, 1.54) is 13.2 Å². The largest absolute Gasteiger partial charge is 0.373 e. The Morgan fingerprint density at radius 2 is 2.12 bits per heavy atom. The average Bonchev–Trinajstić information content (AvgIpc) is 3.08. The van der Waals surface area contributed by atoms with E-state index in [4.69, 9.17) is 4.74 Å². The van der Waals surface area contributed by atoms with Crippen molar-refractivity contribution in [2.75, 3.05) is 23.5 Å². The maximum absolute atomic E-state index is 11.8. The summed E-state index contributed by atoms with van der Waals surface area (Å²) < 4.78 is 29.3. The highest BCUT2D eigenvalue weighted by atomic mass is 32.2. The van der Waals surface area contributed by atoms with E-state index in [0.717, 1.165) is 24.1 Å². The molecule has 138 valence electrons. The third-order valence-electron chi connectivity index (χ3n) is 4.06. The van der Waals surface area contributed by atoms with Crippen molar-refractivity contribution in [3.8, 4) is 0 Å². The normalized spacial score (nSPS) is 17.1. The van der Waals surface area contributed by atoms with Crippen LogP contribution in [-0.4, -0.2) is 32.2 Å². The number of aromatic nitrogens is 1. The molecule has 1 aliphatic rings. The van der Waals surface area contributed by atoms with Gasteiger partial charge in [-0.2, -0.15) is 0 Å². The van der Waals surface area contributed by atoms with E-state index in [0.29, 0.717) is 18.1 Å². The van der Waals surface area contributed by atoms with Crippen LogP contribution in [0.2, 0.25) is 0 Å². The number of carbonyl (C=O) groups excluding carboxylic acids is 1. The van der Waals surface area contributed by atoms with Crippen molar-refractivity contribution in [3.63, 3.8) is 0 Å². The van der Waals surface area contributed by atoms with E-state index < -0.39 is 9.84 Å². The van der Waals surface area contributed by atoms with E-state index in [1.807, 2.05) is 0 Å². The van der Waals surface area contributed by atoms with Crippen LogP contribution in [0.15, 0.2) is 41.4 Å². The summed E-state index contributed by atoms with van der Waals surface area (Å²) in [6.07, 6.45) is 4.64. The molecule has 26 heavy (non-hydrogen) atoms. The lowest BCUT2D eigenvalue weighted by Crippen LogP contribution is -2.10. The van der Waals surface area contributed by atoms with Crippen molar-refractivity contribution in [1.29, 1.82) is 0 Å². The second kappa shape index (κ2) is 7.43. The lowest BCUT2D eigenvalue weighted by atomic mass is 10.1. The summed E-state index contributed by atoms with van der Waals surface area (Å²) in [5, 5.41) is 5.90. The Morgan fingerprint density at radius 1 is 1.31 bits per heavy atom. The third-order valence-corrected chi connectivity index (χ3v) is 5.17. The molecule has 1 unspecified atom stereocenters. The van der Waals surface area contributed by atoms with Gasteiger partial charge in [-0.05, 0) is 31.0 Å². The smallest absolute Gasteiger partial charge is 0.222 e. The maximum atomic E-state index is 11.8. The van der Waals surface area contributed by atoms with Crippen LogP contribution in [0.4, 0.5) is 17.2 Å². The van der Waals surface area contributed by atoms with Gasteiger partial charge in [0.25, 0.3) is 0 Å². The molecular weight excluding hydrogens is 354 g/mol. The van der Waals surface area contributed by atoms with Crippen molar-refractivity contribution in [3.05, 3.63) is 42.1 Å². The second-order valence-corrected chi connectivity index (χ2v) is 8.28. The summed E-state index contributed by atoms with van der Waals surface area (Å²) in [7, 11) is -3.30. The Hall–Kier alpha value is -2.45. The van der Waals surface area contributed by atoms with Gasteiger partial charge in [0, 0.05) is 49.0 Å². The Balaban J connectivity index is 1.97. The van der Waals surface area contributed by atoms with Gasteiger partial charge in [-0.25, -0.2) is 13.4 Å². The molecule has 1 aromatic carbocycles. The number of nitrogens with zero attached hydrogens (tertiary/aromatic N) is 1. The molecule has 1 saturated heterocycles. The summed E-state index contributed by atoms with van der Waals surface area (Å²) in [4.78, 5) is 15.8. The molecule has 0 bridgehead atoms. The fraction of sp³-hybridized carbons (Fsp3) is 0.333. The van der Waals surface area contributed by atoms with Crippen LogP contribution in [-0.2, 0) is 19.4 Å². The molecule has 0 aliphatic carbocycles. The summed E-state index contributed by atoms with van der Waals surface area (Å²) in [6.45, 7) is 2.11. The van der Waals surface area contributed by atoms with Crippen molar-refractivity contribution in [2.24, 2.45) is 0 Å². The number of hydrogen-bond donors (Lipinski definition) is 2. The predicted octanol–water partition coefficient (Wildman–Crippen LogP) is 3.04. The van der Waals surface area contributed by atoms with Crippen molar-refractivity contribution in [2.45, 2.75) is 30.8 Å². The van der Waals surface area contributed by atoms with Gasteiger partial charge in [0.15, 0.2) is 9.84 Å². The van der Waals surface area contributed by atoms with Crippen LogP contribution in [0.1, 0.15) is 31.4 Å². The Labute approximate surface area is 152 Å². The molecule has 7 nitrogen and oxygen atoms in total. The number of nitrogens with one attached hydrogen (secondary N) is 2. The van der Waals surface area contributed by atoms with Gasteiger partial charge in [0.05, 0.1) is 11.0 Å². The molecule has 0 spiro atoms.